The van der Waals surface area contributed by atoms with E-state index in [-0.39, 0.29) is 5.92 Å². The van der Waals surface area contributed by atoms with Gasteiger partial charge in [-0.25, -0.2) is 0 Å². The summed E-state index contributed by atoms with van der Waals surface area (Å²) in [5.41, 5.74) is 3.28. The predicted molar refractivity (Wildman–Crippen MR) is 88.4 cm³/mol. The first-order valence-electron chi connectivity index (χ1n) is 8.21. The van der Waals surface area contributed by atoms with Crippen LogP contribution in [0.1, 0.15) is 78.1 Å². The molecule has 0 saturated heterocycles. The Morgan fingerprint density at radius 3 is 2.25 bits per heavy atom. The molecule has 0 aromatic carbocycles. The predicted octanol–water partition coefficient (Wildman–Crippen LogP) is 6.33. The van der Waals surface area contributed by atoms with Gasteiger partial charge in [0.05, 0.1) is 6.07 Å². The standard InChI is InChI=1S/C19H31N/c1-3-4-5-6-7-8-9-10-11-12-13-14-15-16-17-19(2)18-20/h3-4,8,10,19H,5-7,11-17H2,1-2H3/b4-3+. The average Bonchev–Trinajstić information content (AvgIpc) is 2.47. The summed E-state index contributed by atoms with van der Waals surface area (Å²) in [5, 5.41) is 8.67. The third kappa shape index (κ3) is 14.8. The second-order valence-corrected chi connectivity index (χ2v) is 5.45. The van der Waals surface area contributed by atoms with Crippen molar-refractivity contribution < 1.29 is 0 Å². The molecule has 0 fully saturated rings. The molecule has 1 unspecified atom stereocenters. The van der Waals surface area contributed by atoms with Crippen LogP contribution in [-0.2, 0) is 0 Å². The van der Waals surface area contributed by atoms with E-state index in [1.54, 1.807) is 0 Å². The van der Waals surface area contributed by atoms with Gasteiger partial charge in [0.1, 0.15) is 0 Å². The van der Waals surface area contributed by atoms with Gasteiger partial charge in [-0.2, -0.15) is 5.26 Å². The fraction of sp³-hybridized carbons (Fsp3) is 0.684. The molecule has 20 heavy (non-hydrogen) atoms. The van der Waals surface area contributed by atoms with Crippen molar-refractivity contribution in [2.45, 2.75) is 78.1 Å². The number of hydrogen-bond acceptors (Lipinski definition) is 1. The van der Waals surface area contributed by atoms with Crippen LogP contribution in [0.15, 0.2) is 30.0 Å². The van der Waals surface area contributed by atoms with Crippen LogP contribution in [0.2, 0.25) is 0 Å². The summed E-state index contributed by atoms with van der Waals surface area (Å²) in [6, 6.07) is 2.29. The van der Waals surface area contributed by atoms with Crippen molar-refractivity contribution in [3.63, 3.8) is 0 Å². The van der Waals surface area contributed by atoms with Crippen molar-refractivity contribution in [1.29, 1.82) is 5.26 Å². The van der Waals surface area contributed by atoms with E-state index in [9.17, 15) is 0 Å². The zero-order valence-electron chi connectivity index (χ0n) is 13.4. The first-order valence-corrected chi connectivity index (χ1v) is 8.21. The van der Waals surface area contributed by atoms with Crippen LogP contribution in [0.5, 0.6) is 0 Å². The Bertz CT molecular complexity index is 326. The van der Waals surface area contributed by atoms with Gasteiger partial charge in [-0.05, 0) is 64.5 Å². The highest BCUT2D eigenvalue weighted by Gasteiger charge is 1.98. The molecule has 0 aromatic rings. The third-order valence-corrected chi connectivity index (χ3v) is 3.40. The fourth-order valence-corrected chi connectivity index (χ4v) is 2.05. The average molecular weight is 273 g/mol. The molecule has 0 aliphatic rings. The van der Waals surface area contributed by atoms with Crippen LogP contribution in [-0.4, -0.2) is 0 Å². The quantitative estimate of drug-likeness (QED) is 0.231. The molecule has 0 spiro atoms. The lowest BCUT2D eigenvalue weighted by atomic mass is 10.0. The fourth-order valence-electron chi connectivity index (χ4n) is 2.05. The van der Waals surface area contributed by atoms with Gasteiger partial charge < -0.3 is 0 Å². The Morgan fingerprint density at radius 2 is 1.55 bits per heavy atom. The van der Waals surface area contributed by atoms with E-state index in [4.69, 9.17) is 5.26 Å². The molecule has 0 aromatic heterocycles. The number of allylic oxidation sites excluding steroid dienone is 3. The zero-order valence-corrected chi connectivity index (χ0v) is 13.4. The van der Waals surface area contributed by atoms with Crippen molar-refractivity contribution in [2.75, 3.05) is 0 Å². The second-order valence-electron chi connectivity index (χ2n) is 5.45. The number of nitriles is 1. The van der Waals surface area contributed by atoms with Crippen molar-refractivity contribution in [3.8, 4) is 6.07 Å². The lowest BCUT2D eigenvalue weighted by Gasteiger charge is -2.01. The molecular weight excluding hydrogens is 242 g/mol. The molecule has 0 aliphatic carbocycles. The Morgan fingerprint density at radius 1 is 0.900 bits per heavy atom. The van der Waals surface area contributed by atoms with Gasteiger partial charge in [-0.1, -0.05) is 37.8 Å². The molecule has 0 N–H and O–H groups in total. The molecule has 1 nitrogen and oxygen atoms in total. The van der Waals surface area contributed by atoms with Crippen LogP contribution in [0.25, 0.3) is 0 Å². The number of rotatable bonds is 12. The van der Waals surface area contributed by atoms with Crippen molar-refractivity contribution >= 4 is 0 Å². The first-order chi connectivity index (χ1) is 9.81. The summed E-state index contributed by atoms with van der Waals surface area (Å²) >= 11 is 0. The molecule has 0 bridgehead atoms. The van der Waals surface area contributed by atoms with E-state index in [1.165, 1.54) is 44.9 Å². The minimum atomic E-state index is 0.232. The van der Waals surface area contributed by atoms with Crippen LogP contribution in [0.4, 0.5) is 0 Å². The van der Waals surface area contributed by atoms with E-state index in [1.807, 2.05) is 6.92 Å². The summed E-state index contributed by atoms with van der Waals surface area (Å²) in [5.74, 6) is 0.232. The molecule has 0 radical (unpaired) electrons. The number of unbranched alkanes of at least 4 members (excludes halogenated alkanes) is 7. The van der Waals surface area contributed by atoms with Gasteiger partial charge in [0, 0.05) is 5.92 Å². The Balaban J connectivity index is 3.27. The number of hydrogen-bond donors (Lipinski definition) is 0. The molecule has 0 rings (SSSR count). The maximum atomic E-state index is 8.67. The highest BCUT2D eigenvalue weighted by atomic mass is 14.3. The monoisotopic (exact) mass is 273 g/mol. The van der Waals surface area contributed by atoms with Gasteiger partial charge in [-0.15, -0.1) is 5.73 Å². The summed E-state index contributed by atoms with van der Waals surface area (Å²) in [4.78, 5) is 0. The normalized spacial score (nSPS) is 11.8. The Hall–Kier alpha value is -1.25. The van der Waals surface area contributed by atoms with Crippen molar-refractivity contribution in [3.05, 3.63) is 30.0 Å². The molecule has 1 heteroatoms. The zero-order chi connectivity index (χ0) is 14.9. The first kappa shape index (κ1) is 18.8. The lowest BCUT2D eigenvalue weighted by Crippen LogP contribution is -1.89. The van der Waals surface area contributed by atoms with E-state index >= 15 is 0 Å². The van der Waals surface area contributed by atoms with Gasteiger partial charge in [0.2, 0.25) is 0 Å². The van der Waals surface area contributed by atoms with Crippen molar-refractivity contribution in [2.24, 2.45) is 5.92 Å². The van der Waals surface area contributed by atoms with Gasteiger partial charge in [-0.3, -0.25) is 0 Å². The summed E-state index contributed by atoms with van der Waals surface area (Å²) in [6.45, 7) is 4.08. The highest BCUT2D eigenvalue weighted by molar-refractivity contribution is 4.86. The van der Waals surface area contributed by atoms with Crippen LogP contribution >= 0.6 is 0 Å². The molecule has 112 valence electrons. The molecule has 1 atom stereocenters. The summed E-state index contributed by atoms with van der Waals surface area (Å²) in [6.07, 6.45) is 20.8. The molecule has 0 saturated carbocycles. The van der Waals surface area contributed by atoms with Gasteiger partial charge in [0.15, 0.2) is 0 Å². The maximum absolute atomic E-state index is 8.67. The SMILES string of the molecule is C/C=C/CCCC=C=CCCCCCCCC(C)C#N. The molecule has 0 aliphatic heterocycles. The lowest BCUT2D eigenvalue weighted by molar-refractivity contribution is 0.552. The number of nitrogens with zero attached hydrogens (tertiary/aromatic N) is 1. The van der Waals surface area contributed by atoms with Gasteiger partial charge in [0.25, 0.3) is 0 Å². The van der Waals surface area contributed by atoms with E-state index in [0.29, 0.717) is 0 Å². The van der Waals surface area contributed by atoms with Crippen LogP contribution < -0.4 is 0 Å². The molecular formula is C19H31N. The van der Waals surface area contributed by atoms with Crippen LogP contribution in [0, 0.1) is 17.2 Å². The summed E-state index contributed by atoms with van der Waals surface area (Å²) in [7, 11) is 0. The topological polar surface area (TPSA) is 23.8 Å². The Kier molecular flexibility index (Phi) is 14.8. The maximum Gasteiger partial charge on any atom is 0.0652 e. The summed E-state index contributed by atoms with van der Waals surface area (Å²) < 4.78 is 0. The minimum Gasteiger partial charge on any atom is -0.198 e. The van der Waals surface area contributed by atoms with E-state index in [0.717, 1.165) is 19.3 Å². The minimum absolute atomic E-state index is 0.232. The van der Waals surface area contributed by atoms with E-state index in [2.05, 4.69) is 43.0 Å². The Labute approximate surface area is 126 Å². The highest BCUT2D eigenvalue weighted by Crippen LogP contribution is 2.11. The van der Waals surface area contributed by atoms with E-state index < -0.39 is 0 Å². The third-order valence-electron chi connectivity index (χ3n) is 3.40. The largest absolute Gasteiger partial charge is 0.198 e. The smallest absolute Gasteiger partial charge is 0.0652 e. The van der Waals surface area contributed by atoms with Crippen molar-refractivity contribution in [1.82, 2.24) is 0 Å². The second kappa shape index (κ2) is 15.8. The molecule has 0 amide bonds. The molecule has 0 heterocycles. The van der Waals surface area contributed by atoms with Crippen LogP contribution in [0.3, 0.4) is 0 Å². The van der Waals surface area contributed by atoms with Gasteiger partial charge >= 0.3 is 0 Å².